The molecule has 0 saturated carbocycles. The van der Waals surface area contributed by atoms with E-state index < -0.39 is 126 Å². The summed E-state index contributed by atoms with van der Waals surface area (Å²) in [5, 5.41) is 26.9. The van der Waals surface area contributed by atoms with E-state index in [4.69, 9.17) is 37.9 Å². The molecule has 0 bridgehead atoms. The molecular weight excluding hydrogens is 790 g/mol. The van der Waals surface area contributed by atoms with Crippen LogP contribution in [-0.4, -0.2) is 114 Å². The normalized spacial score (nSPS) is 20.2. The number of alkyl carbamates (subject to hydrolysis) is 1. The number of esters is 5. The number of carbonyl (C=O) groups excluding carboxylic acids is 7. The lowest BCUT2D eigenvalue weighted by Gasteiger charge is -2.43. The van der Waals surface area contributed by atoms with Gasteiger partial charge in [0.25, 0.3) is 5.69 Å². The fraction of sp³-hybridized carbons (Fsp3) is 0.622. The second-order valence-electron chi connectivity index (χ2n) is 14.2. The Morgan fingerprint density at radius 3 is 1.88 bits per heavy atom. The zero-order valence-electron chi connectivity index (χ0n) is 34.1. The summed E-state index contributed by atoms with van der Waals surface area (Å²) in [6, 6.07) is 0.499. The summed E-state index contributed by atoms with van der Waals surface area (Å²) in [5.74, 6) is -7.17. The number of hydrogen-bond donors (Lipinski definition) is 3. The second kappa shape index (κ2) is 22.8. The van der Waals surface area contributed by atoms with Crippen LogP contribution in [0.1, 0.15) is 86.3 Å². The molecule has 1 heterocycles. The molecule has 0 aromatic heterocycles. The van der Waals surface area contributed by atoms with Crippen LogP contribution in [0.15, 0.2) is 18.2 Å². The molecule has 1 aromatic carbocycles. The van der Waals surface area contributed by atoms with E-state index in [1.165, 1.54) is 0 Å². The molecule has 1 unspecified atom stereocenters. The van der Waals surface area contributed by atoms with Gasteiger partial charge in [-0.1, -0.05) is 27.7 Å². The highest BCUT2D eigenvalue weighted by Gasteiger charge is 2.53. The molecule has 0 aliphatic carbocycles. The number of nitrogens with zero attached hydrogens (tertiary/aromatic N) is 1. The third-order valence-corrected chi connectivity index (χ3v) is 8.18. The molecule has 1 saturated heterocycles. The molecule has 8 atom stereocenters. The van der Waals surface area contributed by atoms with Gasteiger partial charge in [0.05, 0.1) is 24.0 Å². The minimum Gasteiger partial charge on any atom is -0.481 e. The first-order valence-corrected chi connectivity index (χ1v) is 18.3. The van der Waals surface area contributed by atoms with Crippen LogP contribution in [0.3, 0.4) is 0 Å². The van der Waals surface area contributed by atoms with Crippen LogP contribution in [0, 0.1) is 22.0 Å². The number of nitrogens with one attached hydrogen (secondary N) is 2. The maximum absolute atomic E-state index is 13.4. The number of hydrogen-bond acceptors (Lipinski definition) is 18. The van der Waals surface area contributed by atoms with Gasteiger partial charge in [-0.3, -0.25) is 38.9 Å². The molecule has 59 heavy (non-hydrogen) atoms. The first kappa shape index (κ1) is 49.1. The molecule has 1 aromatic rings. The maximum Gasteiger partial charge on any atom is 0.408 e. The first-order chi connectivity index (χ1) is 27.5. The number of methoxy groups -OCH3 is 1. The molecule has 1 aliphatic rings. The Morgan fingerprint density at radius 2 is 1.37 bits per heavy atom. The fourth-order valence-corrected chi connectivity index (χ4v) is 5.93. The SMILES string of the molecule is COC(=O)[C@H](CC(C)C)NC(=O)[C@H](CC(C)C)NC(=O)OC(CC(=O)O)c1cc(O[C@H]2O[C@H](COC(C)=O)[C@@H](OC(C)=O)[C@H](OC(C)=O)[C@@H]2OC(C)=O)ccc1[N+](=O)[O-]. The van der Waals surface area contributed by atoms with Crippen LogP contribution >= 0.6 is 0 Å². The monoisotopic (exact) mass is 841 g/mol. The zero-order chi connectivity index (χ0) is 44.7. The van der Waals surface area contributed by atoms with Crippen molar-refractivity contribution in [2.75, 3.05) is 13.7 Å². The number of nitro groups is 1. The van der Waals surface area contributed by atoms with Crippen molar-refractivity contribution >= 4 is 53.5 Å². The van der Waals surface area contributed by atoms with E-state index in [1.807, 2.05) is 13.8 Å². The van der Waals surface area contributed by atoms with Crippen molar-refractivity contribution in [2.45, 2.75) is 124 Å². The minimum atomic E-state index is -1.90. The quantitative estimate of drug-likeness (QED) is 0.0735. The lowest BCUT2D eigenvalue weighted by Crippen LogP contribution is -2.63. The highest BCUT2D eigenvalue weighted by atomic mass is 16.7. The van der Waals surface area contributed by atoms with Gasteiger partial charge in [-0.25, -0.2) is 9.59 Å². The summed E-state index contributed by atoms with van der Waals surface area (Å²) in [6.07, 6.45) is -12.1. The zero-order valence-corrected chi connectivity index (χ0v) is 34.1. The Bertz CT molecular complexity index is 1710. The smallest absolute Gasteiger partial charge is 0.408 e. The molecule has 1 fully saturated rings. The molecule has 2 rings (SSSR count). The molecule has 3 N–H and O–H groups in total. The predicted molar refractivity (Wildman–Crippen MR) is 197 cm³/mol. The largest absolute Gasteiger partial charge is 0.481 e. The number of carbonyl (C=O) groups is 8. The molecule has 2 amide bonds. The average molecular weight is 842 g/mol. The number of carboxylic acids is 1. The van der Waals surface area contributed by atoms with E-state index in [0.717, 1.165) is 53.0 Å². The van der Waals surface area contributed by atoms with Crippen molar-refractivity contribution in [2.24, 2.45) is 11.8 Å². The van der Waals surface area contributed by atoms with E-state index >= 15 is 0 Å². The van der Waals surface area contributed by atoms with Gasteiger partial charge in [-0.05, 0) is 36.8 Å². The van der Waals surface area contributed by atoms with Gasteiger partial charge >= 0.3 is 41.9 Å². The number of nitro benzene ring substituents is 1. The highest BCUT2D eigenvalue weighted by molar-refractivity contribution is 5.89. The Labute approximate surface area is 338 Å². The van der Waals surface area contributed by atoms with Crippen LogP contribution in [0.2, 0.25) is 0 Å². The number of amides is 2. The van der Waals surface area contributed by atoms with Gasteiger partial charge in [-0.2, -0.15) is 0 Å². The van der Waals surface area contributed by atoms with E-state index in [2.05, 4.69) is 10.6 Å². The van der Waals surface area contributed by atoms with Crippen LogP contribution < -0.4 is 15.4 Å². The van der Waals surface area contributed by atoms with Gasteiger partial charge in [0, 0.05) is 33.8 Å². The van der Waals surface area contributed by atoms with Gasteiger partial charge in [-0.15, -0.1) is 0 Å². The lowest BCUT2D eigenvalue weighted by atomic mass is 9.98. The van der Waals surface area contributed by atoms with Crippen LogP contribution in [0.4, 0.5) is 10.5 Å². The molecule has 1 aliphatic heterocycles. The number of benzene rings is 1. The second-order valence-corrected chi connectivity index (χ2v) is 14.2. The van der Waals surface area contributed by atoms with Gasteiger partial charge in [0.2, 0.25) is 18.3 Å². The number of carboxylic acid groups (broad SMARTS) is 1. The minimum absolute atomic E-state index is 0.0273. The summed E-state index contributed by atoms with van der Waals surface area (Å²) in [4.78, 5) is 111. The number of ether oxygens (including phenoxy) is 8. The summed E-state index contributed by atoms with van der Waals surface area (Å²) in [5.41, 5.74) is -1.24. The average Bonchev–Trinajstić information content (AvgIpc) is 3.10. The fourth-order valence-electron chi connectivity index (χ4n) is 5.93. The molecule has 22 heteroatoms. The molecule has 0 spiro atoms. The van der Waals surface area contributed by atoms with Gasteiger partial charge in [0.1, 0.15) is 36.6 Å². The third kappa shape index (κ3) is 16.0. The van der Waals surface area contributed by atoms with E-state index in [9.17, 15) is 53.6 Å². The third-order valence-electron chi connectivity index (χ3n) is 8.18. The molecule has 22 nitrogen and oxygen atoms in total. The van der Waals surface area contributed by atoms with Gasteiger partial charge in [0.15, 0.2) is 12.2 Å². The van der Waals surface area contributed by atoms with Crippen molar-refractivity contribution in [1.82, 2.24) is 10.6 Å². The topological polar surface area (TPSA) is 298 Å². The Balaban J connectivity index is 2.60. The highest BCUT2D eigenvalue weighted by Crippen LogP contribution is 2.36. The maximum atomic E-state index is 13.4. The Morgan fingerprint density at radius 1 is 0.814 bits per heavy atom. The molecule has 0 radical (unpaired) electrons. The summed E-state index contributed by atoms with van der Waals surface area (Å²) in [7, 11) is 1.15. The Kier molecular flexibility index (Phi) is 18.9. The first-order valence-electron chi connectivity index (χ1n) is 18.3. The van der Waals surface area contributed by atoms with E-state index in [1.54, 1.807) is 13.8 Å². The molecule has 328 valence electrons. The number of aliphatic carboxylic acids is 1. The van der Waals surface area contributed by atoms with E-state index in [-0.39, 0.29) is 30.4 Å². The van der Waals surface area contributed by atoms with Crippen molar-refractivity contribution < 1.29 is 86.3 Å². The van der Waals surface area contributed by atoms with Crippen molar-refractivity contribution in [3.8, 4) is 5.75 Å². The standard InChI is InChI=1S/C37H51N3O19/c1-17(2)12-25(34(47)38-26(13-18(3)4)35(48)52-9)39-37(49)59-28(15-30(45)46)24-14-23(10-11-27(24)40(50)51)57-36-33(56-22(8)44)32(55-21(7)43)31(54-20(6)42)29(58-36)16-53-19(5)41/h10-11,14,17-18,25-26,28-29,31-33,36H,12-13,15-16H2,1-9H3,(H,38,47)(H,39,49)(H,45,46)/t25-,26-,28?,29+,31+,32-,33-,36-/m0/s1. The predicted octanol–water partition coefficient (Wildman–Crippen LogP) is 2.42. The number of rotatable bonds is 20. The van der Waals surface area contributed by atoms with Crippen molar-refractivity contribution in [3.05, 3.63) is 33.9 Å². The van der Waals surface area contributed by atoms with Crippen molar-refractivity contribution in [3.63, 3.8) is 0 Å². The summed E-state index contributed by atoms with van der Waals surface area (Å²) in [6.45, 7) is 10.6. The summed E-state index contributed by atoms with van der Waals surface area (Å²) >= 11 is 0. The Hall–Kier alpha value is -6.06. The van der Waals surface area contributed by atoms with E-state index in [0.29, 0.717) is 0 Å². The van der Waals surface area contributed by atoms with Crippen LogP contribution in [-0.2, 0) is 66.7 Å². The van der Waals surface area contributed by atoms with Crippen LogP contribution in [0.25, 0.3) is 0 Å². The van der Waals surface area contributed by atoms with Crippen LogP contribution in [0.5, 0.6) is 5.75 Å². The lowest BCUT2D eigenvalue weighted by molar-refractivity contribution is -0.386. The van der Waals surface area contributed by atoms with Crippen molar-refractivity contribution in [1.29, 1.82) is 0 Å². The molecular formula is C37H51N3O19. The van der Waals surface area contributed by atoms with Gasteiger partial charge < -0.3 is 53.6 Å². The summed E-state index contributed by atoms with van der Waals surface area (Å²) < 4.78 is 43.2.